The number of amides is 1. The lowest BCUT2D eigenvalue weighted by atomic mass is 10.1. The minimum absolute atomic E-state index is 0.0438. The summed E-state index contributed by atoms with van der Waals surface area (Å²) in [5, 5.41) is 2.99. The number of phosphoric ester groups is 1. The molecule has 0 aliphatic heterocycles. The number of likely N-dealkylation sites (N-methyl/N-ethyl adjacent to an activating group) is 1. The van der Waals surface area contributed by atoms with Crippen molar-refractivity contribution in [2.45, 2.75) is 238 Å². The molecule has 0 aromatic rings. The van der Waals surface area contributed by atoms with E-state index in [9.17, 15) is 19.0 Å². The summed E-state index contributed by atoms with van der Waals surface area (Å²) in [6.45, 7) is 6.61. The largest absolute Gasteiger partial charge is 0.756 e. The zero-order chi connectivity index (χ0) is 56.4. The first-order chi connectivity index (χ1) is 37.4. The van der Waals surface area contributed by atoms with E-state index in [0.29, 0.717) is 23.9 Å². The van der Waals surface area contributed by atoms with E-state index in [0.717, 1.165) is 109 Å². The third-order valence-electron chi connectivity index (χ3n) is 12.6. The lowest BCUT2D eigenvalue weighted by Gasteiger charge is -2.30. The molecule has 0 radical (unpaired) electrons. The Morgan fingerprint density at radius 2 is 0.844 bits per heavy atom. The Bertz CT molecular complexity index is 1780. The number of hydrogen-bond acceptors (Lipinski definition) is 7. The number of hydrogen-bond donors (Lipinski definition) is 1. The van der Waals surface area contributed by atoms with E-state index in [4.69, 9.17) is 13.8 Å². The summed E-state index contributed by atoms with van der Waals surface area (Å²) >= 11 is 0. The number of allylic oxidation sites excluding steroid dienone is 21. The zero-order valence-corrected chi connectivity index (χ0v) is 50.8. The van der Waals surface area contributed by atoms with Crippen LogP contribution in [-0.2, 0) is 27.9 Å². The first-order valence-corrected chi connectivity index (χ1v) is 32.0. The smallest absolute Gasteiger partial charge is 0.306 e. The van der Waals surface area contributed by atoms with Crippen LogP contribution < -0.4 is 10.2 Å². The monoisotopic (exact) mass is 1090 g/mol. The lowest BCUT2D eigenvalue weighted by molar-refractivity contribution is -0.870. The molecule has 1 amide bonds. The van der Waals surface area contributed by atoms with Crippen molar-refractivity contribution < 1.29 is 37.3 Å². The van der Waals surface area contributed by atoms with Crippen molar-refractivity contribution in [3.05, 3.63) is 134 Å². The van der Waals surface area contributed by atoms with Gasteiger partial charge in [0.05, 0.1) is 33.8 Å². The fourth-order valence-electron chi connectivity index (χ4n) is 7.87. The van der Waals surface area contributed by atoms with E-state index in [1.807, 2.05) is 27.2 Å². The number of ether oxygens (including phenoxy) is 1. The molecule has 0 heterocycles. The third-order valence-corrected chi connectivity index (χ3v) is 13.5. The van der Waals surface area contributed by atoms with Gasteiger partial charge < -0.3 is 28.5 Å². The molecule has 10 heteroatoms. The van der Waals surface area contributed by atoms with Gasteiger partial charge in [0.25, 0.3) is 7.82 Å². The van der Waals surface area contributed by atoms with Crippen LogP contribution in [0.15, 0.2) is 134 Å². The number of carbonyl (C=O) groups excluding carboxylic acids is 2. The number of unbranched alkanes of at least 4 members (excludes halogenated alkanes) is 17. The third kappa shape index (κ3) is 56.7. The van der Waals surface area contributed by atoms with Crippen molar-refractivity contribution >= 4 is 19.7 Å². The summed E-state index contributed by atoms with van der Waals surface area (Å²) in [5.41, 5.74) is 0. The predicted molar refractivity (Wildman–Crippen MR) is 330 cm³/mol. The van der Waals surface area contributed by atoms with Crippen molar-refractivity contribution in [2.24, 2.45) is 0 Å². The maximum Gasteiger partial charge on any atom is 0.306 e. The standard InChI is InChI=1S/C67H113N2O7P/c1-7-10-13-16-19-22-25-27-29-31-32-33-34-35-36-38-39-41-44-47-50-53-56-59-66(70)68-64(63-75-77(72,73)74-62-61-69(4,5)6)65(58-55-52-49-46-43-24-21-18-15-12-9-3)76-67(71)60-57-54-51-48-45-42-40-37-30-28-26-23-20-17-14-11-8-2/h10,13,19-20,22-23,27-30,32-33,35-36,39-42,48,51,55,58,64-65H,7-9,11-12,14-18,21,24-26,31,34,37-38,43-47,49-50,52-54,56-57,59-63H2,1-6H3,(H-,68,70,72,73)/b13-10-,22-19-,23-20-,29-27-,30-28-,33-32-,36-35-,41-39-,42-40-,51-48-,58-55-. The minimum Gasteiger partial charge on any atom is -0.756 e. The number of phosphoric acid groups is 1. The number of quaternary nitrogens is 1. The molecule has 0 fully saturated rings. The first kappa shape index (κ1) is 73.2. The Morgan fingerprint density at radius 3 is 1.30 bits per heavy atom. The lowest BCUT2D eigenvalue weighted by Crippen LogP contribution is -2.47. The number of esters is 1. The van der Waals surface area contributed by atoms with E-state index in [1.165, 1.54) is 70.6 Å². The van der Waals surface area contributed by atoms with Gasteiger partial charge in [-0.3, -0.25) is 14.2 Å². The number of carbonyl (C=O) groups is 2. The van der Waals surface area contributed by atoms with Gasteiger partial charge in [-0.25, -0.2) is 0 Å². The van der Waals surface area contributed by atoms with E-state index >= 15 is 0 Å². The van der Waals surface area contributed by atoms with Gasteiger partial charge in [0.1, 0.15) is 19.3 Å². The molecule has 0 aliphatic carbocycles. The highest BCUT2D eigenvalue weighted by Gasteiger charge is 2.27. The van der Waals surface area contributed by atoms with Gasteiger partial charge in [0.2, 0.25) is 5.91 Å². The number of nitrogens with one attached hydrogen (secondary N) is 1. The summed E-state index contributed by atoms with van der Waals surface area (Å²) in [6, 6.07) is -0.934. The molecule has 0 aliphatic rings. The molecule has 0 saturated carbocycles. The van der Waals surface area contributed by atoms with Gasteiger partial charge in [-0.2, -0.15) is 0 Å². The van der Waals surface area contributed by atoms with Crippen LogP contribution in [0.4, 0.5) is 0 Å². The highest BCUT2D eigenvalue weighted by Crippen LogP contribution is 2.38. The molecule has 77 heavy (non-hydrogen) atoms. The average Bonchev–Trinajstić information content (AvgIpc) is 3.39. The van der Waals surface area contributed by atoms with Crippen LogP contribution >= 0.6 is 7.82 Å². The number of nitrogens with zero attached hydrogens (tertiary/aromatic N) is 1. The molecule has 9 nitrogen and oxygen atoms in total. The molecule has 3 atom stereocenters. The molecule has 3 unspecified atom stereocenters. The highest BCUT2D eigenvalue weighted by atomic mass is 31.2. The zero-order valence-electron chi connectivity index (χ0n) is 49.9. The molecular weight excluding hydrogens is 976 g/mol. The minimum atomic E-state index is -4.73. The van der Waals surface area contributed by atoms with Gasteiger partial charge in [-0.15, -0.1) is 0 Å². The van der Waals surface area contributed by atoms with Crippen LogP contribution in [-0.4, -0.2) is 69.4 Å². The van der Waals surface area contributed by atoms with Crippen LogP contribution in [0.5, 0.6) is 0 Å². The van der Waals surface area contributed by atoms with E-state index < -0.39 is 32.5 Å². The van der Waals surface area contributed by atoms with Crippen LogP contribution in [0.25, 0.3) is 0 Å². The molecule has 0 aromatic carbocycles. The van der Waals surface area contributed by atoms with Crippen LogP contribution in [0.2, 0.25) is 0 Å². The van der Waals surface area contributed by atoms with Gasteiger partial charge in [-0.05, 0) is 122 Å². The summed E-state index contributed by atoms with van der Waals surface area (Å²) in [4.78, 5) is 39.9. The molecule has 0 bridgehead atoms. The average molecular weight is 1090 g/mol. The van der Waals surface area contributed by atoms with E-state index in [1.54, 1.807) is 6.08 Å². The molecule has 0 spiro atoms. The Hall–Kier alpha value is -3.85. The maximum absolute atomic E-state index is 13.5. The van der Waals surface area contributed by atoms with Gasteiger partial charge in [0.15, 0.2) is 0 Å². The van der Waals surface area contributed by atoms with Crippen molar-refractivity contribution in [1.82, 2.24) is 5.32 Å². The Kier molecular flexibility index (Phi) is 52.7. The van der Waals surface area contributed by atoms with E-state index in [2.05, 4.69) is 148 Å². The summed E-state index contributed by atoms with van der Waals surface area (Å²) in [5.74, 6) is -0.648. The van der Waals surface area contributed by atoms with Gasteiger partial charge in [0, 0.05) is 12.8 Å². The highest BCUT2D eigenvalue weighted by molar-refractivity contribution is 7.45. The molecule has 438 valence electrons. The number of rotatable bonds is 53. The molecule has 0 aromatic heterocycles. The summed E-state index contributed by atoms with van der Waals surface area (Å²) in [7, 11) is 1.12. The second kappa shape index (κ2) is 55.5. The SMILES string of the molecule is CC/C=C\C/C=C\C/C=C\C/C=C\C/C=C\C/C=C\CCCCCCC(=O)NC(COP(=O)([O-])OCC[N+](C)(C)C)C(/C=C\CCCCCCCCCCC)OC(=O)CCC/C=C\C/C=C\C/C=C\C/C=C\CCCCC. The van der Waals surface area contributed by atoms with Crippen molar-refractivity contribution in [1.29, 1.82) is 0 Å². The van der Waals surface area contributed by atoms with Gasteiger partial charge >= 0.3 is 5.97 Å². The second-order valence-electron chi connectivity index (χ2n) is 21.1. The topological polar surface area (TPSA) is 114 Å². The molecule has 0 saturated heterocycles. The summed E-state index contributed by atoms with van der Waals surface area (Å²) < 4.78 is 30.2. The fraction of sp³-hybridized carbons (Fsp3) is 0.642. The van der Waals surface area contributed by atoms with Crippen molar-refractivity contribution in [3.63, 3.8) is 0 Å². The molecule has 0 rings (SSSR count). The predicted octanol–water partition coefficient (Wildman–Crippen LogP) is 18.3. The quantitative estimate of drug-likeness (QED) is 0.0212. The van der Waals surface area contributed by atoms with Crippen LogP contribution in [0, 0.1) is 0 Å². The van der Waals surface area contributed by atoms with Crippen LogP contribution in [0.3, 0.4) is 0 Å². The molecular formula is C67H113N2O7P. The normalized spacial score (nSPS) is 14.6. The first-order valence-electron chi connectivity index (χ1n) is 30.5. The van der Waals surface area contributed by atoms with Crippen LogP contribution in [0.1, 0.15) is 226 Å². The second-order valence-corrected chi connectivity index (χ2v) is 22.5. The van der Waals surface area contributed by atoms with Crippen molar-refractivity contribution in [3.8, 4) is 0 Å². The fourth-order valence-corrected chi connectivity index (χ4v) is 8.59. The Balaban J connectivity index is 5.37. The maximum atomic E-state index is 13.5. The van der Waals surface area contributed by atoms with E-state index in [-0.39, 0.29) is 25.4 Å². The summed E-state index contributed by atoms with van der Waals surface area (Å²) in [6.07, 6.45) is 78.6. The Labute approximate surface area is 473 Å². The Morgan fingerprint density at radius 1 is 0.468 bits per heavy atom. The van der Waals surface area contributed by atoms with Crippen molar-refractivity contribution in [2.75, 3.05) is 40.9 Å². The van der Waals surface area contributed by atoms with Gasteiger partial charge in [-0.1, -0.05) is 225 Å². The molecule has 1 N–H and O–H groups in total.